The molecule has 0 saturated heterocycles. The van der Waals surface area contributed by atoms with Crippen LogP contribution >= 0.6 is 0 Å². The van der Waals surface area contributed by atoms with E-state index in [0.29, 0.717) is 16.8 Å². The van der Waals surface area contributed by atoms with E-state index in [9.17, 15) is 14.4 Å². The van der Waals surface area contributed by atoms with Crippen molar-refractivity contribution < 1.29 is 14.4 Å². The highest BCUT2D eigenvalue weighted by atomic mass is 16.2. The molecule has 2 N–H and O–H groups in total. The van der Waals surface area contributed by atoms with Crippen molar-refractivity contribution in [2.24, 2.45) is 0 Å². The number of hydrogen-bond acceptors (Lipinski definition) is 5. The molecule has 1 aliphatic rings. The monoisotopic (exact) mass is 420 g/mol. The highest BCUT2D eigenvalue weighted by molar-refractivity contribution is 6.36. The number of amides is 3. The molecule has 2 aromatic rings. The molecule has 0 bridgehead atoms. The summed E-state index contributed by atoms with van der Waals surface area (Å²) in [5.41, 5.74) is 3.66. The van der Waals surface area contributed by atoms with E-state index in [1.165, 1.54) is 11.8 Å². The largest absolute Gasteiger partial charge is 0.372 e. The lowest BCUT2D eigenvalue weighted by Crippen LogP contribution is -2.32. The molecule has 7 heteroatoms. The van der Waals surface area contributed by atoms with Gasteiger partial charge in [0.1, 0.15) is 5.70 Å². The number of benzene rings is 2. The summed E-state index contributed by atoms with van der Waals surface area (Å²) in [5, 5.41) is 5.86. The molecule has 0 atom stereocenters. The average Bonchev–Trinajstić information content (AvgIpc) is 2.99. The second-order valence-electron chi connectivity index (χ2n) is 7.21. The molecule has 0 unspecified atom stereocenters. The number of carbonyl (C=O) groups excluding carboxylic acids is 3. The van der Waals surface area contributed by atoms with Gasteiger partial charge in [-0.25, -0.2) is 0 Å². The minimum atomic E-state index is -0.346. The van der Waals surface area contributed by atoms with Crippen LogP contribution in [-0.4, -0.2) is 42.3 Å². The lowest BCUT2D eigenvalue weighted by molar-refractivity contribution is -0.136. The minimum absolute atomic E-state index is 0.174. The molecule has 3 rings (SSSR count). The summed E-state index contributed by atoms with van der Waals surface area (Å²) < 4.78 is 0. The van der Waals surface area contributed by atoms with Crippen LogP contribution in [0.2, 0.25) is 0 Å². The van der Waals surface area contributed by atoms with Gasteiger partial charge in [-0.05, 0) is 62.7 Å². The van der Waals surface area contributed by atoms with Crippen molar-refractivity contribution in [1.82, 2.24) is 4.90 Å². The van der Waals surface area contributed by atoms with Gasteiger partial charge in [-0.3, -0.25) is 19.3 Å². The van der Waals surface area contributed by atoms with Crippen molar-refractivity contribution in [3.05, 3.63) is 59.8 Å². The third-order valence-corrected chi connectivity index (χ3v) is 5.24. The van der Waals surface area contributed by atoms with Gasteiger partial charge in [0.15, 0.2) is 0 Å². The fraction of sp³-hybridized carbons (Fsp3) is 0.292. The Morgan fingerprint density at radius 3 is 1.97 bits per heavy atom. The quantitative estimate of drug-likeness (QED) is 0.637. The summed E-state index contributed by atoms with van der Waals surface area (Å²) in [6, 6.07) is 14.7. The van der Waals surface area contributed by atoms with E-state index in [4.69, 9.17) is 0 Å². The molecule has 162 valence electrons. The van der Waals surface area contributed by atoms with Crippen LogP contribution in [0.25, 0.3) is 5.57 Å². The van der Waals surface area contributed by atoms with E-state index >= 15 is 0 Å². The Kier molecular flexibility index (Phi) is 6.74. The molecular weight excluding hydrogens is 392 g/mol. The first kappa shape index (κ1) is 22.1. The normalized spacial score (nSPS) is 13.6. The van der Waals surface area contributed by atoms with Crippen molar-refractivity contribution in [3.8, 4) is 0 Å². The van der Waals surface area contributed by atoms with Crippen LogP contribution < -0.4 is 15.5 Å². The van der Waals surface area contributed by atoms with Crippen molar-refractivity contribution in [2.45, 2.75) is 27.7 Å². The van der Waals surface area contributed by atoms with Gasteiger partial charge in [0, 0.05) is 43.6 Å². The maximum Gasteiger partial charge on any atom is 0.278 e. The highest BCUT2D eigenvalue weighted by Gasteiger charge is 2.38. The summed E-state index contributed by atoms with van der Waals surface area (Å²) in [6.07, 6.45) is 0. The van der Waals surface area contributed by atoms with E-state index in [1.54, 1.807) is 31.2 Å². The predicted molar refractivity (Wildman–Crippen MR) is 124 cm³/mol. The van der Waals surface area contributed by atoms with Crippen LogP contribution in [0.3, 0.4) is 0 Å². The summed E-state index contributed by atoms with van der Waals surface area (Å²) >= 11 is 0. The molecule has 0 saturated carbocycles. The summed E-state index contributed by atoms with van der Waals surface area (Å²) in [6.45, 7) is 9.52. The number of carbonyl (C=O) groups is 3. The molecule has 3 amide bonds. The van der Waals surface area contributed by atoms with Gasteiger partial charge >= 0.3 is 0 Å². The first-order valence-corrected chi connectivity index (χ1v) is 10.5. The van der Waals surface area contributed by atoms with Gasteiger partial charge in [-0.2, -0.15) is 0 Å². The van der Waals surface area contributed by atoms with Crippen molar-refractivity contribution in [2.75, 3.05) is 35.2 Å². The molecule has 0 fully saturated rings. The zero-order chi connectivity index (χ0) is 22.5. The van der Waals surface area contributed by atoms with E-state index in [1.807, 2.05) is 24.3 Å². The molecule has 0 spiro atoms. The van der Waals surface area contributed by atoms with Gasteiger partial charge in [0.25, 0.3) is 11.8 Å². The number of nitrogens with one attached hydrogen (secondary N) is 2. The molecule has 1 heterocycles. The number of rotatable bonds is 8. The van der Waals surface area contributed by atoms with Crippen LogP contribution in [0, 0.1) is 0 Å². The Balaban J connectivity index is 1.95. The third-order valence-electron chi connectivity index (χ3n) is 5.24. The first-order valence-electron chi connectivity index (χ1n) is 10.5. The maximum atomic E-state index is 13.0. The lowest BCUT2D eigenvalue weighted by Gasteiger charge is -2.21. The Labute approximate surface area is 182 Å². The van der Waals surface area contributed by atoms with E-state index < -0.39 is 0 Å². The van der Waals surface area contributed by atoms with E-state index in [0.717, 1.165) is 24.5 Å². The Bertz CT molecular complexity index is 1010. The topological polar surface area (TPSA) is 81.8 Å². The Hall–Kier alpha value is -3.61. The van der Waals surface area contributed by atoms with Gasteiger partial charge in [0.2, 0.25) is 5.91 Å². The van der Waals surface area contributed by atoms with Crippen LogP contribution in [0.5, 0.6) is 0 Å². The fourth-order valence-electron chi connectivity index (χ4n) is 3.66. The summed E-state index contributed by atoms with van der Waals surface area (Å²) in [7, 11) is 0. The minimum Gasteiger partial charge on any atom is -0.372 e. The van der Waals surface area contributed by atoms with Gasteiger partial charge in [-0.15, -0.1) is 0 Å². The van der Waals surface area contributed by atoms with Crippen molar-refractivity contribution in [1.29, 1.82) is 0 Å². The van der Waals surface area contributed by atoms with Gasteiger partial charge < -0.3 is 15.5 Å². The van der Waals surface area contributed by atoms with Crippen LogP contribution in [-0.2, 0) is 14.4 Å². The predicted octanol–water partition coefficient (Wildman–Crippen LogP) is 3.70. The smallest absolute Gasteiger partial charge is 0.278 e. The van der Waals surface area contributed by atoms with Crippen LogP contribution in [0.1, 0.15) is 33.3 Å². The van der Waals surface area contributed by atoms with Crippen molar-refractivity contribution in [3.63, 3.8) is 0 Å². The zero-order valence-electron chi connectivity index (χ0n) is 18.4. The fourth-order valence-corrected chi connectivity index (χ4v) is 3.66. The van der Waals surface area contributed by atoms with E-state index in [2.05, 4.69) is 29.4 Å². The molecule has 7 nitrogen and oxygen atoms in total. The van der Waals surface area contributed by atoms with Crippen molar-refractivity contribution >= 4 is 40.4 Å². The molecular formula is C24H28N4O3. The number of nitrogens with zero attached hydrogens (tertiary/aromatic N) is 2. The molecule has 31 heavy (non-hydrogen) atoms. The average molecular weight is 421 g/mol. The molecule has 2 aromatic carbocycles. The molecule has 0 radical (unpaired) electrons. The number of anilines is 3. The standard InChI is InChI=1S/C24H28N4O3/c1-5-27(6-2)20-14-12-19(13-15-20)26-22-21(23(30)28(7-3)24(22)31)17-8-10-18(11-9-17)25-16(4)29/h8-15,26H,5-7H2,1-4H3,(H,25,29). The van der Waals surface area contributed by atoms with Crippen LogP contribution in [0.15, 0.2) is 54.2 Å². The Morgan fingerprint density at radius 1 is 0.871 bits per heavy atom. The van der Waals surface area contributed by atoms with Gasteiger partial charge in [-0.1, -0.05) is 12.1 Å². The first-order chi connectivity index (χ1) is 14.9. The van der Waals surface area contributed by atoms with Crippen LogP contribution in [0.4, 0.5) is 17.1 Å². The second-order valence-corrected chi connectivity index (χ2v) is 7.21. The third kappa shape index (κ3) is 4.60. The highest BCUT2D eigenvalue weighted by Crippen LogP contribution is 2.31. The Morgan fingerprint density at radius 2 is 1.45 bits per heavy atom. The van der Waals surface area contributed by atoms with E-state index in [-0.39, 0.29) is 30.0 Å². The van der Waals surface area contributed by atoms with Gasteiger partial charge in [0.05, 0.1) is 5.57 Å². The summed E-state index contributed by atoms with van der Waals surface area (Å²) in [4.78, 5) is 40.6. The second kappa shape index (κ2) is 9.47. The summed E-state index contributed by atoms with van der Waals surface area (Å²) in [5.74, 6) is -0.852. The number of hydrogen-bond donors (Lipinski definition) is 2. The molecule has 1 aliphatic heterocycles. The lowest BCUT2D eigenvalue weighted by atomic mass is 10.0. The number of imide groups is 1. The SMILES string of the molecule is CCN1C(=O)C(Nc2ccc(N(CC)CC)cc2)=C(c2ccc(NC(C)=O)cc2)C1=O. The molecule has 0 aromatic heterocycles. The maximum absolute atomic E-state index is 13.0. The zero-order valence-corrected chi connectivity index (χ0v) is 18.4. The number of likely N-dealkylation sites (N-methyl/N-ethyl adjacent to an activating group) is 1. The molecule has 0 aliphatic carbocycles.